The summed E-state index contributed by atoms with van der Waals surface area (Å²) in [5.74, 6) is -1.15. The van der Waals surface area contributed by atoms with E-state index in [1.165, 1.54) is 19.4 Å². The van der Waals surface area contributed by atoms with Gasteiger partial charge in [0.15, 0.2) is 0 Å². The Hall–Kier alpha value is -3.38. The molecule has 0 radical (unpaired) electrons. The van der Waals surface area contributed by atoms with E-state index < -0.39 is 17.4 Å². The standard InChI is InChI=1S/C20H15ClN2O4/c1-27-20(26)17-12-23(19(25)16-8-3-2-7-15(16)17)22-18(24)10-9-13-5-4-6-14(21)11-13/h2-12H,1H3,(H,22,24). The van der Waals surface area contributed by atoms with Gasteiger partial charge in [-0.05, 0) is 29.8 Å². The number of rotatable bonds is 4. The SMILES string of the molecule is COC(=O)c1cn(NC(=O)C=Cc2cccc(Cl)c2)c(=O)c2ccccc12. The predicted molar refractivity (Wildman–Crippen MR) is 104 cm³/mol. The molecular weight excluding hydrogens is 368 g/mol. The van der Waals surface area contributed by atoms with Crippen LogP contribution in [0.5, 0.6) is 0 Å². The van der Waals surface area contributed by atoms with Crippen molar-refractivity contribution in [1.82, 2.24) is 4.68 Å². The maximum atomic E-state index is 12.6. The zero-order valence-corrected chi connectivity index (χ0v) is 15.1. The second kappa shape index (κ2) is 7.88. The van der Waals surface area contributed by atoms with Crippen molar-refractivity contribution in [3.63, 3.8) is 0 Å². The Kier molecular flexibility index (Phi) is 5.38. The van der Waals surface area contributed by atoms with E-state index in [9.17, 15) is 14.4 Å². The van der Waals surface area contributed by atoms with Crippen molar-refractivity contribution in [2.75, 3.05) is 12.5 Å². The van der Waals surface area contributed by atoms with E-state index in [4.69, 9.17) is 16.3 Å². The zero-order chi connectivity index (χ0) is 19.4. The summed E-state index contributed by atoms with van der Waals surface area (Å²) in [7, 11) is 1.25. The lowest BCUT2D eigenvalue weighted by Gasteiger charge is -2.11. The molecule has 136 valence electrons. The van der Waals surface area contributed by atoms with Crippen molar-refractivity contribution in [3.8, 4) is 0 Å². The van der Waals surface area contributed by atoms with Crippen molar-refractivity contribution in [3.05, 3.63) is 87.3 Å². The van der Waals surface area contributed by atoms with E-state index >= 15 is 0 Å². The molecule has 1 aromatic heterocycles. The number of ether oxygens (including phenoxy) is 1. The highest BCUT2D eigenvalue weighted by atomic mass is 35.5. The summed E-state index contributed by atoms with van der Waals surface area (Å²) >= 11 is 5.90. The lowest BCUT2D eigenvalue weighted by Crippen LogP contribution is -2.33. The first kappa shape index (κ1) is 18.4. The van der Waals surface area contributed by atoms with E-state index in [1.54, 1.807) is 54.6 Å². The average molecular weight is 383 g/mol. The number of nitrogens with one attached hydrogen (secondary N) is 1. The number of carbonyl (C=O) groups excluding carboxylic acids is 2. The number of aromatic nitrogens is 1. The van der Waals surface area contributed by atoms with Crippen LogP contribution in [0.15, 0.2) is 65.6 Å². The highest BCUT2D eigenvalue weighted by molar-refractivity contribution is 6.30. The molecule has 1 amide bonds. The van der Waals surface area contributed by atoms with Crippen LogP contribution >= 0.6 is 11.6 Å². The van der Waals surface area contributed by atoms with Crippen molar-refractivity contribution >= 4 is 40.3 Å². The van der Waals surface area contributed by atoms with Crippen molar-refractivity contribution in [1.29, 1.82) is 0 Å². The first-order chi connectivity index (χ1) is 13.0. The minimum absolute atomic E-state index is 0.173. The number of carbonyl (C=O) groups is 2. The Morgan fingerprint density at radius 1 is 1.11 bits per heavy atom. The molecule has 0 bridgehead atoms. The number of pyridine rings is 1. The molecule has 0 fully saturated rings. The van der Waals surface area contributed by atoms with Gasteiger partial charge < -0.3 is 4.74 Å². The Morgan fingerprint density at radius 2 is 1.85 bits per heavy atom. The van der Waals surface area contributed by atoms with Gasteiger partial charge in [-0.15, -0.1) is 0 Å². The van der Waals surface area contributed by atoms with Crippen LogP contribution in [-0.4, -0.2) is 23.7 Å². The predicted octanol–water partition coefficient (Wildman–Crippen LogP) is 3.23. The second-order valence-corrected chi connectivity index (χ2v) is 6.06. The van der Waals surface area contributed by atoms with Gasteiger partial charge in [-0.2, -0.15) is 0 Å². The van der Waals surface area contributed by atoms with Gasteiger partial charge in [0.2, 0.25) is 0 Å². The number of halogens is 1. The molecule has 0 unspecified atom stereocenters. The maximum absolute atomic E-state index is 12.6. The quantitative estimate of drug-likeness (QED) is 0.555. The van der Waals surface area contributed by atoms with Crippen molar-refractivity contribution in [2.45, 2.75) is 0 Å². The van der Waals surface area contributed by atoms with Gasteiger partial charge >= 0.3 is 5.97 Å². The first-order valence-corrected chi connectivity index (χ1v) is 8.35. The van der Waals surface area contributed by atoms with Crippen LogP contribution in [0.1, 0.15) is 15.9 Å². The Balaban J connectivity index is 1.94. The molecule has 0 saturated carbocycles. The number of hydrogen-bond acceptors (Lipinski definition) is 4. The molecule has 0 aliphatic rings. The normalized spacial score (nSPS) is 10.9. The van der Waals surface area contributed by atoms with Gasteiger partial charge in [0.25, 0.3) is 11.5 Å². The molecule has 27 heavy (non-hydrogen) atoms. The lowest BCUT2D eigenvalue weighted by molar-refractivity contribution is -0.112. The van der Waals surface area contributed by atoms with Crippen LogP contribution in [-0.2, 0) is 9.53 Å². The fraction of sp³-hybridized carbons (Fsp3) is 0.0500. The zero-order valence-electron chi connectivity index (χ0n) is 14.3. The van der Waals surface area contributed by atoms with Crippen LogP contribution in [0.25, 0.3) is 16.8 Å². The molecule has 3 aromatic rings. The summed E-state index contributed by atoms with van der Waals surface area (Å²) in [5, 5.41) is 1.29. The third-order valence-electron chi connectivity index (χ3n) is 3.84. The van der Waals surface area contributed by atoms with Gasteiger partial charge in [0.1, 0.15) is 0 Å². The maximum Gasteiger partial charge on any atom is 0.340 e. The number of esters is 1. The van der Waals surface area contributed by atoms with E-state index in [-0.39, 0.29) is 5.56 Å². The fourth-order valence-corrected chi connectivity index (χ4v) is 2.78. The molecule has 3 rings (SSSR count). The molecule has 0 aliphatic heterocycles. The van der Waals surface area contributed by atoms with E-state index in [2.05, 4.69) is 5.43 Å². The molecule has 0 atom stereocenters. The van der Waals surface area contributed by atoms with Gasteiger partial charge in [-0.25, -0.2) is 9.47 Å². The van der Waals surface area contributed by atoms with Gasteiger partial charge in [-0.3, -0.25) is 15.0 Å². The highest BCUT2D eigenvalue weighted by Crippen LogP contribution is 2.16. The minimum Gasteiger partial charge on any atom is -0.465 e. The van der Waals surface area contributed by atoms with Crippen LogP contribution in [0, 0.1) is 0 Å². The molecule has 7 heteroatoms. The Morgan fingerprint density at radius 3 is 2.56 bits per heavy atom. The number of nitrogens with zero attached hydrogens (tertiary/aromatic N) is 1. The minimum atomic E-state index is -0.608. The first-order valence-electron chi connectivity index (χ1n) is 7.97. The average Bonchev–Trinajstić information content (AvgIpc) is 2.68. The monoisotopic (exact) mass is 382 g/mol. The molecule has 0 aliphatic carbocycles. The summed E-state index contributed by atoms with van der Waals surface area (Å²) in [5.41, 5.74) is 2.90. The molecule has 0 saturated heterocycles. The van der Waals surface area contributed by atoms with Crippen LogP contribution < -0.4 is 11.0 Å². The smallest absolute Gasteiger partial charge is 0.340 e. The number of fused-ring (bicyclic) bond motifs is 1. The van der Waals surface area contributed by atoms with Crippen molar-refractivity contribution < 1.29 is 14.3 Å². The van der Waals surface area contributed by atoms with E-state index in [1.807, 2.05) is 0 Å². The van der Waals surface area contributed by atoms with Gasteiger partial charge in [0.05, 0.1) is 12.7 Å². The third kappa shape index (κ3) is 4.07. The number of methoxy groups -OCH3 is 1. The van der Waals surface area contributed by atoms with E-state index in [0.29, 0.717) is 15.8 Å². The Bertz CT molecular complexity index is 1120. The summed E-state index contributed by atoms with van der Waals surface area (Å²) in [6.07, 6.45) is 4.08. The molecule has 2 aromatic carbocycles. The molecule has 6 nitrogen and oxygen atoms in total. The molecule has 1 heterocycles. The van der Waals surface area contributed by atoms with Crippen LogP contribution in [0.2, 0.25) is 5.02 Å². The second-order valence-electron chi connectivity index (χ2n) is 5.62. The van der Waals surface area contributed by atoms with Crippen LogP contribution in [0.3, 0.4) is 0 Å². The highest BCUT2D eigenvalue weighted by Gasteiger charge is 2.15. The fourth-order valence-electron chi connectivity index (χ4n) is 2.59. The van der Waals surface area contributed by atoms with Gasteiger partial charge in [0, 0.05) is 28.1 Å². The topological polar surface area (TPSA) is 77.4 Å². The number of hydrogen-bond donors (Lipinski definition) is 1. The molecular formula is C20H15ClN2O4. The summed E-state index contributed by atoms with van der Waals surface area (Å²) < 4.78 is 5.74. The Labute approximate surface area is 159 Å². The summed E-state index contributed by atoms with van der Waals surface area (Å²) in [6.45, 7) is 0. The van der Waals surface area contributed by atoms with Gasteiger partial charge in [-0.1, -0.05) is 41.9 Å². The third-order valence-corrected chi connectivity index (χ3v) is 4.07. The van der Waals surface area contributed by atoms with Crippen LogP contribution in [0.4, 0.5) is 0 Å². The largest absolute Gasteiger partial charge is 0.465 e. The number of benzene rings is 2. The lowest BCUT2D eigenvalue weighted by atomic mass is 10.1. The molecule has 0 spiro atoms. The molecule has 1 N–H and O–H groups in total. The summed E-state index contributed by atoms with van der Waals surface area (Å²) in [6, 6.07) is 13.6. The summed E-state index contributed by atoms with van der Waals surface area (Å²) in [4.78, 5) is 36.8. The van der Waals surface area contributed by atoms with Crippen molar-refractivity contribution in [2.24, 2.45) is 0 Å². The van der Waals surface area contributed by atoms with E-state index in [0.717, 1.165) is 10.2 Å². The number of amides is 1.